The second-order valence-corrected chi connectivity index (χ2v) is 8.93. The lowest BCUT2D eigenvalue weighted by Crippen LogP contribution is -2.54. The number of morpholine rings is 1. The molecule has 0 radical (unpaired) electrons. The zero-order valence-corrected chi connectivity index (χ0v) is 16.0. The van der Waals surface area contributed by atoms with Crippen LogP contribution in [0.5, 0.6) is 5.75 Å². The molecule has 0 atom stereocenters. The molecule has 0 saturated carbocycles. The van der Waals surface area contributed by atoms with E-state index >= 15 is 0 Å². The smallest absolute Gasteiger partial charge is 0.282 e. The Morgan fingerprint density at radius 1 is 1.04 bits per heavy atom. The summed E-state index contributed by atoms with van der Waals surface area (Å²) < 4.78 is 46.1. The molecule has 8 heteroatoms. The van der Waals surface area contributed by atoms with Crippen molar-refractivity contribution in [2.45, 2.75) is 24.9 Å². The standard InChI is InChI=1S/C18H26N2O5S/c1-23-16-4-2-3-15-5-12-25-18(17(15)16)6-8-19(9-7-18)26(21,22)20-10-13-24-14-11-20/h2-4H,5-14H2,1H3. The Labute approximate surface area is 155 Å². The summed E-state index contributed by atoms with van der Waals surface area (Å²) in [5, 5.41) is 0. The third-order valence-corrected chi connectivity index (χ3v) is 7.73. The second-order valence-electron chi connectivity index (χ2n) is 7.01. The molecule has 3 aliphatic rings. The first-order chi connectivity index (χ1) is 12.6. The molecule has 3 aliphatic heterocycles. The van der Waals surface area contributed by atoms with Gasteiger partial charge in [-0.3, -0.25) is 0 Å². The van der Waals surface area contributed by atoms with E-state index in [0.717, 1.165) is 17.7 Å². The summed E-state index contributed by atoms with van der Waals surface area (Å²) >= 11 is 0. The van der Waals surface area contributed by atoms with Gasteiger partial charge < -0.3 is 14.2 Å². The quantitative estimate of drug-likeness (QED) is 0.784. The average molecular weight is 382 g/mol. The molecule has 3 heterocycles. The summed E-state index contributed by atoms with van der Waals surface area (Å²) in [6.07, 6.45) is 2.15. The van der Waals surface area contributed by atoms with Crippen LogP contribution in [0.15, 0.2) is 18.2 Å². The highest BCUT2D eigenvalue weighted by Gasteiger charge is 2.45. The number of fused-ring (bicyclic) bond motifs is 2. The van der Waals surface area contributed by atoms with Crippen LogP contribution in [-0.2, 0) is 31.7 Å². The molecule has 1 aromatic rings. The molecule has 4 rings (SSSR count). The first-order valence-corrected chi connectivity index (χ1v) is 10.6. The average Bonchev–Trinajstić information content (AvgIpc) is 2.69. The third kappa shape index (κ3) is 3.03. The monoisotopic (exact) mass is 382 g/mol. The fraction of sp³-hybridized carbons (Fsp3) is 0.667. The molecule has 0 aromatic heterocycles. The maximum Gasteiger partial charge on any atom is 0.282 e. The Balaban J connectivity index is 1.56. The van der Waals surface area contributed by atoms with Crippen LogP contribution in [0, 0.1) is 0 Å². The third-order valence-electron chi connectivity index (χ3n) is 5.69. The van der Waals surface area contributed by atoms with E-state index < -0.39 is 15.8 Å². The molecule has 7 nitrogen and oxygen atoms in total. The minimum atomic E-state index is -3.43. The molecule has 1 aromatic carbocycles. The van der Waals surface area contributed by atoms with E-state index in [4.69, 9.17) is 14.2 Å². The van der Waals surface area contributed by atoms with Gasteiger partial charge >= 0.3 is 0 Å². The lowest BCUT2D eigenvalue weighted by Gasteiger charge is -2.45. The SMILES string of the molecule is COc1cccc2c1C1(CCN(S(=O)(=O)N3CCOCC3)CC1)OCC2. The van der Waals surface area contributed by atoms with Gasteiger partial charge in [-0.15, -0.1) is 0 Å². The molecule has 1 spiro atoms. The van der Waals surface area contributed by atoms with Gasteiger partial charge in [-0.2, -0.15) is 17.0 Å². The molecule has 0 aliphatic carbocycles. The van der Waals surface area contributed by atoms with Gasteiger partial charge in [0.05, 0.1) is 32.5 Å². The molecule has 2 fully saturated rings. The van der Waals surface area contributed by atoms with Gasteiger partial charge in [-0.1, -0.05) is 12.1 Å². The predicted octanol–water partition coefficient (Wildman–Crippen LogP) is 1.14. The lowest BCUT2D eigenvalue weighted by molar-refractivity contribution is -0.0909. The number of benzene rings is 1. The van der Waals surface area contributed by atoms with Crippen molar-refractivity contribution in [3.8, 4) is 5.75 Å². The minimum absolute atomic E-state index is 0.428. The van der Waals surface area contributed by atoms with E-state index in [1.807, 2.05) is 12.1 Å². The largest absolute Gasteiger partial charge is 0.496 e. The fourth-order valence-corrected chi connectivity index (χ4v) is 5.89. The molecule has 0 unspecified atom stereocenters. The molecule has 0 amide bonds. The Bertz CT molecular complexity index is 739. The summed E-state index contributed by atoms with van der Waals surface area (Å²) in [4.78, 5) is 0. The first-order valence-electron chi connectivity index (χ1n) is 9.20. The normalized spacial score (nSPS) is 24.3. The van der Waals surface area contributed by atoms with Crippen molar-refractivity contribution in [1.82, 2.24) is 8.61 Å². The van der Waals surface area contributed by atoms with Crippen molar-refractivity contribution in [3.63, 3.8) is 0 Å². The molecular weight excluding hydrogens is 356 g/mol. The van der Waals surface area contributed by atoms with Gasteiger partial charge in [-0.25, -0.2) is 0 Å². The highest BCUT2D eigenvalue weighted by Crippen LogP contribution is 2.46. The lowest BCUT2D eigenvalue weighted by atomic mass is 9.79. The van der Waals surface area contributed by atoms with Crippen molar-refractivity contribution in [2.75, 3.05) is 53.1 Å². The molecular formula is C18H26N2O5S. The van der Waals surface area contributed by atoms with Crippen molar-refractivity contribution in [1.29, 1.82) is 0 Å². The van der Waals surface area contributed by atoms with Crippen LogP contribution >= 0.6 is 0 Å². The maximum absolute atomic E-state index is 12.9. The van der Waals surface area contributed by atoms with Crippen molar-refractivity contribution in [2.24, 2.45) is 0 Å². The van der Waals surface area contributed by atoms with Crippen LogP contribution in [0.2, 0.25) is 0 Å². The number of rotatable bonds is 3. The zero-order valence-electron chi connectivity index (χ0n) is 15.1. The van der Waals surface area contributed by atoms with Crippen LogP contribution in [0.25, 0.3) is 0 Å². The Morgan fingerprint density at radius 2 is 1.73 bits per heavy atom. The summed E-state index contributed by atoms with van der Waals surface area (Å²) in [5.74, 6) is 0.840. The summed E-state index contributed by atoms with van der Waals surface area (Å²) in [6.45, 7) is 3.36. The minimum Gasteiger partial charge on any atom is -0.496 e. The van der Waals surface area contributed by atoms with Crippen molar-refractivity contribution < 1.29 is 22.6 Å². The van der Waals surface area contributed by atoms with E-state index in [2.05, 4.69) is 6.07 Å². The van der Waals surface area contributed by atoms with Crippen molar-refractivity contribution >= 4 is 10.2 Å². The van der Waals surface area contributed by atoms with Crippen LogP contribution in [0.3, 0.4) is 0 Å². The number of hydrogen-bond donors (Lipinski definition) is 0. The van der Waals surface area contributed by atoms with Gasteiger partial charge in [0.25, 0.3) is 10.2 Å². The molecule has 144 valence electrons. The van der Waals surface area contributed by atoms with Gasteiger partial charge in [0.1, 0.15) is 5.75 Å². The van der Waals surface area contributed by atoms with E-state index in [-0.39, 0.29) is 0 Å². The van der Waals surface area contributed by atoms with Gasteiger partial charge in [-0.05, 0) is 30.9 Å². The molecule has 0 N–H and O–H groups in total. The number of nitrogens with zero attached hydrogens (tertiary/aromatic N) is 2. The van der Waals surface area contributed by atoms with Gasteiger partial charge in [0.15, 0.2) is 0 Å². The summed E-state index contributed by atoms with van der Waals surface area (Å²) in [7, 11) is -1.76. The fourth-order valence-electron chi connectivity index (χ4n) is 4.31. The summed E-state index contributed by atoms with van der Waals surface area (Å²) in [6, 6.07) is 6.10. The topological polar surface area (TPSA) is 68.3 Å². The first kappa shape index (κ1) is 18.2. The molecule has 26 heavy (non-hydrogen) atoms. The Kier molecular flexibility index (Phi) is 4.96. The van der Waals surface area contributed by atoms with E-state index in [9.17, 15) is 8.42 Å². The number of ether oxygens (including phenoxy) is 3. The summed E-state index contributed by atoms with van der Waals surface area (Å²) in [5.41, 5.74) is 1.91. The van der Waals surface area contributed by atoms with Crippen LogP contribution in [-0.4, -0.2) is 70.1 Å². The van der Waals surface area contributed by atoms with Crippen LogP contribution in [0.4, 0.5) is 0 Å². The molecule has 2 saturated heterocycles. The second kappa shape index (κ2) is 7.09. The highest BCUT2D eigenvalue weighted by molar-refractivity contribution is 7.86. The Morgan fingerprint density at radius 3 is 2.42 bits per heavy atom. The number of hydrogen-bond acceptors (Lipinski definition) is 5. The number of piperidine rings is 1. The van der Waals surface area contributed by atoms with Crippen molar-refractivity contribution in [3.05, 3.63) is 29.3 Å². The van der Waals surface area contributed by atoms with Crippen LogP contribution < -0.4 is 4.74 Å². The maximum atomic E-state index is 12.9. The van der Waals surface area contributed by atoms with Crippen LogP contribution in [0.1, 0.15) is 24.0 Å². The van der Waals surface area contributed by atoms with E-state index in [1.54, 1.807) is 11.4 Å². The van der Waals surface area contributed by atoms with E-state index in [1.165, 1.54) is 9.87 Å². The predicted molar refractivity (Wildman–Crippen MR) is 96.4 cm³/mol. The van der Waals surface area contributed by atoms with Gasteiger partial charge in [0, 0.05) is 31.7 Å². The van der Waals surface area contributed by atoms with E-state index in [0.29, 0.717) is 58.8 Å². The highest BCUT2D eigenvalue weighted by atomic mass is 32.2. The van der Waals surface area contributed by atoms with Gasteiger partial charge in [0.2, 0.25) is 0 Å². The zero-order chi connectivity index (χ0) is 18.2. The Hall–Kier alpha value is -1.19. The number of methoxy groups -OCH3 is 1. The molecule has 0 bridgehead atoms.